The number of ether oxygens (including phenoxy) is 1. The lowest BCUT2D eigenvalue weighted by Gasteiger charge is -2.30. The van der Waals surface area contributed by atoms with Gasteiger partial charge in [0.05, 0.1) is 7.11 Å². The predicted octanol–water partition coefficient (Wildman–Crippen LogP) is 2.07. The number of rotatable bonds is 2. The molecule has 1 aliphatic heterocycles. The SMILES string of the molecule is COc1cc2c(cc1S(=O)(=O)Cl)CN(C(=O)C(F)(F)F)CC2. The largest absolute Gasteiger partial charge is 0.495 e. The second-order valence-corrected chi connectivity index (χ2v) is 7.22. The number of alkyl halides is 3. The molecule has 1 heterocycles. The Morgan fingerprint density at radius 1 is 1.32 bits per heavy atom. The molecular weight excluding hydrogens is 347 g/mol. The van der Waals surface area contributed by atoms with Crippen LogP contribution in [0.1, 0.15) is 11.1 Å². The number of nitrogens with zero attached hydrogens (tertiary/aromatic N) is 1. The Bertz CT molecular complexity index is 718. The fourth-order valence-electron chi connectivity index (χ4n) is 2.27. The van der Waals surface area contributed by atoms with Crippen molar-refractivity contribution in [1.82, 2.24) is 4.90 Å². The van der Waals surface area contributed by atoms with E-state index >= 15 is 0 Å². The van der Waals surface area contributed by atoms with Crippen LogP contribution in [-0.4, -0.2) is 39.1 Å². The minimum atomic E-state index is -4.97. The summed E-state index contributed by atoms with van der Waals surface area (Å²) in [5, 5.41) is 0. The van der Waals surface area contributed by atoms with Crippen molar-refractivity contribution < 1.29 is 31.1 Å². The molecule has 0 aliphatic carbocycles. The van der Waals surface area contributed by atoms with Crippen molar-refractivity contribution in [3.05, 3.63) is 23.3 Å². The molecule has 0 atom stereocenters. The number of hydrogen-bond donors (Lipinski definition) is 0. The van der Waals surface area contributed by atoms with Gasteiger partial charge in [0.1, 0.15) is 10.6 Å². The highest BCUT2D eigenvalue weighted by molar-refractivity contribution is 8.13. The standard InChI is InChI=1S/C12H11ClF3NO4S/c1-21-9-4-7-2-3-17(11(18)12(14,15)16)6-8(7)5-10(9)22(13,19)20/h4-5H,2-3,6H2,1H3. The molecule has 22 heavy (non-hydrogen) atoms. The smallest absolute Gasteiger partial charge is 0.471 e. The zero-order valence-electron chi connectivity index (χ0n) is 11.3. The Kier molecular flexibility index (Phi) is 4.31. The molecule has 1 aromatic rings. The Balaban J connectivity index is 2.42. The molecule has 0 bridgehead atoms. The summed E-state index contributed by atoms with van der Waals surface area (Å²) in [5.41, 5.74) is 0.913. The van der Waals surface area contributed by atoms with Gasteiger partial charge in [0.2, 0.25) is 0 Å². The van der Waals surface area contributed by atoms with E-state index in [1.54, 1.807) is 0 Å². The number of amides is 1. The number of halogens is 4. The molecule has 122 valence electrons. The first-order chi connectivity index (χ1) is 10.0. The lowest BCUT2D eigenvalue weighted by Crippen LogP contribution is -2.43. The van der Waals surface area contributed by atoms with Gasteiger partial charge in [-0.05, 0) is 29.7 Å². The van der Waals surface area contributed by atoms with E-state index in [0.29, 0.717) is 16.0 Å². The van der Waals surface area contributed by atoms with Crippen LogP contribution in [0, 0.1) is 0 Å². The first-order valence-electron chi connectivity index (χ1n) is 6.04. The van der Waals surface area contributed by atoms with Crippen LogP contribution in [0.2, 0.25) is 0 Å². The maximum Gasteiger partial charge on any atom is 0.471 e. The Hall–Kier alpha value is -1.48. The maximum atomic E-state index is 12.5. The highest BCUT2D eigenvalue weighted by Gasteiger charge is 2.43. The molecule has 0 aromatic heterocycles. The van der Waals surface area contributed by atoms with Gasteiger partial charge in [-0.1, -0.05) is 0 Å². The molecule has 0 fully saturated rings. The minimum Gasteiger partial charge on any atom is -0.495 e. The van der Waals surface area contributed by atoms with Crippen LogP contribution in [0.25, 0.3) is 0 Å². The van der Waals surface area contributed by atoms with Crippen molar-refractivity contribution in [2.75, 3.05) is 13.7 Å². The number of methoxy groups -OCH3 is 1. The normalized spacial score (nSPS) is 15.4. The van der Waals surface area contributed by atoms with E-state index in [4.69, 9.17) is 15.4 Å². The summed E-state index contributed by atoms with van der Waals surface area (Å²) < 4.78 is 65.3. The van der Waals surface area contributed by atoms with E-state index in [1.807, 2.05) is 0 Å². The highest BCUT2D eigenvalue weighted by Crippen LogP contribution is 2.33. The Morgan fingerprint density at radius 2 is 1.95 bits per heavy atom. The quantitative estimate of drug-likeness (QED) is 0.760. The molecular formula is C12H11ClF3NO4S. The van der Waals surface area contributed by atoms with Crippen molar-refractivity contribution >= 4 is 25.6 Å². The van der Waals surface area contributed by atoms with Gasteiger partial charge in [0.25, 0.3) is 9.05 Å². The summed E-state index contributed by atoms with van der Waals surface area (Å²) in [4.78, 5) is 11.6. The van der Waals surface area contributed by atoms with Gasteiger partial charge in [0.15, 0.2) is 0 Å². The number of carbonyl (C=O) groups excluding carboxylic acids is 1. The number of benzene rings is 1. The first-order valence-corrected chi connectivity index (χ1v) is 8.35. The molecule has 0 saturated heterocycles. The molecule has 1 amide bonds. The monoisotopic (exact) mass is 357 g/mol. The minimum absolute atomic E-state index is 0.0179. The van der Waals surface area contributed by atoms with Gasteiger partial charge in [-0.15, -0.1) is 0 Å². The van der Waals surface area contributed by atoms with E-state index in [1.165, 1.54) is 13.2 Å². The summed E-state index contributed by atoms with van der Waals surface area (Å²) in [6.45, 7) is -0.446. The number of hydrogen-bond acceptors (Lipinski definition) is 4. The topological polar surface area (TPSA) is 63.7 Å². The second-order valence-electron chi connectivity index (χ2n) is 4.68. The van der Waals surface area contributed by atoms with Crippen LogP contribution in [0.4, 0.5) is 13.2 Å². The molecule has 0 spiro atoms. The Labute approximate surface area is 129 Å². The lowest BCUT2D eigenvalue weighted by atomic mass is 9.99. The summed E-state index contributed by atoms with van der Waals surface area (Å²) in [7, 11) is 2.42. The summed E-state index contributed by atoms with van der Waals surface area (Å²) >= 11 is 0. The molecule has 1 aromatic carbocycles. The van der Waals surface area contributed by atoms with Gasteiger partial charge in [-0.3, -0.25) is 4.79 Å². The van der Waals surface area contributed by atoms with Crippen LogP contribution in [0.5, 0.6) is 5.75 Å². The van der Waals surface area contributed by atoms with Gasteiger partial charge >= 0.3 is 12.1 Å². The van der Waals surface area contributed by atoms with Crippen LogP contribution in [0.3, 0.4) is 0 Å². The highest BCUT2D eigenvalue weighted by atomic mass is 35.7. The third kappa shape index (κ3) is 3.30. The Morgan fingerprint density at radius 3 is 2.45 bits per heavy atom. The molecule has 0 unspecified atom stereocenters. The van der Waals surface area contributed by atoms with E-state index in [9.17, 15) is 26.4 Å². The van der Waals surface area contributed by atoms with Crippen LogP contribution >= 0.6 is 10.7 Å². The third-order valence-electron chi connectivity index (χ3n) is 3.29. The van der Waals surface area contributed by atoms with Crippen LogP contribution in [0.15, 0.2) is 17.0 Å². The van der Waals surface area contributed by atoms with Crippen molar-refractivity contribution in [3.8, 4) is 5.75 Å². The van der Waals surface area contributed by atoms with Gasteiger partial charge < -0.3 is 9.64 Å². The van der Waals surface area contributed by atoms with Crippen molar-refractivity contribution in [1.29, 1.82) is 0 Å². The van der Waals surface area contributed by atoms with Crippen molar-refractivity contribution in [2.24, 2.45) is 0 Å². The van der Waals surface area contributed by atoms with Gasteiger partial charge in [-0.25, -0.2) is 8.42 Å². The lowest BCUT2D eigenvalue weighted by molar-refractivity contribution is -0.186. The molecule has 0 radical (unpaired) electrons. The van der Waals surface area contributed by atoms with Crippen LogP contribution in [-0.2, 0) is 26.8 Å². The van der Waals surface area contributed by atoms with Crippen LogP contribution < -0.4 is 4.74 Å². The fourth-order valence-corrected chi connectivity index (χ4v) is 3.29. The second kappa shape index (κ2) is 5.62. The van der Waals surface area contributed by atoms with E-state index in [0.717, 1.165) is 6.07 Å². The first kappa shape index (κ1) is 16.9. The fraction of sp³-hybridized carbons (Fsp3) is 0.417. The van der Waals surface area contributed by atoms with E-state index < -0.39 is 21.1 Å². The summed E-state index contributed by atoms with van der Waals surface area (Å²) in [5.74, 6) is -1.94. The average Bonchev–Trinajstić information content (AvgIpc) is 2.42. The average molecular weight is 358 g/mol. The number of fused-ring (bicyclic) bond motifs is 1. The number of carbonyl (C=O) groups is 1. The molecule has 2 rings (SSSR count). The van der Waals surface area contributed by atoms with E-state index in [-0.39, 0.29) is 30.2 Å². The summed E-state index contributed by atoms with van der Waals surface area (Å²) in [6, 6.07) is 2.56. The third-order valence-corrected chi connectivity index (χ3v) is 4.63. The maximum absolute atomic E-state index is 12.5. The zero-order valence-corrected chi connectivity index (χ0v) is 12.8. The van der Waals surface area contributed by atoms with Crippen molar-refractivity contribution in [3.63, 3.8) is 0 Å². The molecule has 0 N–H and O–H groups in total. The molecule has 10 heteroatoms. The van der Waals surface area contributed by atoms with Gasteiger partial charge in [0, 0.05) is 23.8 Å². The molecule has 5 nitrogen and oxygen atoms in total. The van der Waals surface area contributed by atoms with Crippen molar-refractivity contribution in [2.45, 2.75) is 24.0 Å². The summed E-state index contributed by atoms with van der Waals surface area (Å²) in [6.07, 6.45) is -4.80. The predicted molar refractivity (Wildman–Crippen MR) is 71.2 cm³/mol. The molecule has 1 aliphatic rings. The van der Waals surface area contributed by atoms with E-state index in [2.05, 4.69) is 0 Å². The zero-order chi connectivity index (χ0) is 16.7. The molecule has 0 saturated carbocycles. The van der Waals surface area contributed by atoms with Gasteiger partial charge in [-0.2, -0.15) is 13.2 Å².